The van der Waals surface area contributed by atoms with Crippen LogP contribution in [0.2, 0.25) is 5.02 Å². The van der Waals surface area contributed by atoms with Crippen molar-refractivity contribution in [3.05, 3.63) is 64.7 Å². The molecule has 2 unspecified atom stereocenters. The lowest BCUT2D eigenvalue weighted by Gasteiger charge is -2.04. The lowest BCUT2D eigenvalue weighted by Crippen LogP contribution is -2.08. The Kier molecular flexibility index (Phi) is 4.43. The van der Waals surface area contributed by atoms with E-state index in [0.717, 1.165) is 5.56 Å². The first-order valence-corrected chi connectivity index (χ1v) is 7.24. The van der Waals surface area contributed by atoms with Gasteiger partial charge in [0.05, 0.1) is 0 Å². The molecule has 0 N–H and O–H groups in total. The minimum atomic E-state index is -0.424. The topological polar surface area (TPSA) is 48.1 Å². The van der Waals surface area contributed by atoms with E-state index in [0.29, 0.717) is 16.3 Å². The SMILES string of the molecule is COCOc1ccc(C(=O)C2OC2c2ccc(Cl)cc2)cc1. The maximum absolute atomic E-state index is 12.4. The van der Waals surface area contributed by atoms with Gasteiger partial charge in [0.1, 0.15) is 11.9 Å². The number of epoxide rings is 1. The van der Waals surface area contributed by atoms with Crippen LogP contribution in [0.5, 0.6) is 5.75 Å². The van der Waals surface area contributed by atoms with Crippen LogP contribution >= 0.6 is 11.6 Å². The van der Waals surface area contributed by atoms with Crippen LogP contribution in [-0.2, 0) is 9.47 Å². The highest BCUT2D eigenvalue weighted by Crippen LogP contribution is 2.41. The van der Waals surface area contributed by atoms with E-state index in [1.165, 1.54) is 0 Å². The summed E-state index contributed by atoms with van der Waals surface area (Å²) in [5, 5.41) is 0.666. The highest BCUT2D eigenvalue weighted by atomic mass is 35.5. The van der Waals surface area contributed by atoms with Crippen LogP contribution in [-0.4, -0.2) is 25.8 Å². The predicted molar refractivity (Wildman–Crippen MR) is 82.3 cm³/mol. The number of benzene rings is 2. The second kappa shape index (κ2) is 6.48. The first-order valence-electron chi connectivity index (χ1n) is 6.86. The molecule has 0 aliphatic carbocycles. The van der Waals surface area contributed by atoms with Gasteiger partial charge in [-0.15, -0.1) is 0 Å². The number of hydrogen-bond acceptors (Lipinski definition) is 4. The molecule has 114 valence electrons. The standard InChI is InChI=1S/C17H15ClO4/c1-20-10-21-14-8-4-11(5-9-14)15(19)17-16(22-17)12-2-6-13(18)7-3-12/h2-9,16-17H,10H2,1H3. The van der Waals surface area contributed by atoms with Gasteiger partial charge >= 0.3 is 0 Å². The van der Waals surface area contributed by atoms with Gasteiger partial charge in [0, 0.05) is 17.7 Å². The third-order valence-corrected chi connectivity index (χ3v) is 3.68. The molecular weight excluding hydrogens is 304 g/mol. The van der Waals surface area contributed by atoms with E-state index in [1.54, 1.807) is 43.5 Å². The number of carbonyl (C=O) groups is 1. The number of ether oxygens (including phenoxy) is 3. The molecule has 0 amide bonds. The first-order chi connectivity index (χ1) is 10.7. The van der Waals surface area contributed by atoms with Crippen molar-refractivity contribution >= 4 is 17.4 Å². The molecule has 0 radical (unpaired) electrons. The molecule has 2 atom stereocenters. The van der Waals surface area contributed by atoms with Crippen LogP contribution in [0, 0.1) is 0 Å². The Balaban J connectivity index is 1.64. The van der Waals surface area contributed by atoms with Crippen molar-refractivity contribution in [2.75, 3.05) is 13.9 Å². The molecule has 0 saturated carbocycles. The van der Waals surface area contributed by atoms with E-state index in [-0.39, 0.29) is 18.7 Å². The van der Waals surface area contributed by atoms with E-state index in [2.05, 4.69) is 0 Å². The Morgan fingerprint density at radius 3 is 2.45 bits per heavy atom. The number of hydrogen-bond donors (Lipinski definition) is 0. The molecule has 22 heavy (non-hydrogen) atoms. The van der Waals surface area contributed by atoms with E-state index in [1.807, 2.05) is 12.1 Å². The van der Waals surface area contributed by atoms with Crippen molar-refractivity contribution in [3.63, 3.8) is 0 Å². The average molecular weight is 319 g/mol. The summed E-state index contributed by atoms with van der Waals surface area (Å²) < 4.78 is 15.6. The maximum atomic E-state index is 12.4. The molecule has 1 aliphatic heterocycles. The lowest BCUT2D eigenvalue weighted by atomic mass is 10.0. The smallest absolute Gasteiger partial charge is 0.194 e. The summed E-state index contributed by atoms with van der Waals surface area (Å²) in [5.41, 5.74) is 1.56. The van der Waals surface area contributed by atoms with Gasteiger partial charge in [-0.05, 0) is 42.0 Å². The van der Waals surface area contributed by atoms with E-state index >= 15 is 0 Å². The number of halogens is 1. The van der Waals surface area contributed by atoms with Crippen molar-refractivity contribution in [2.45, 2.75) is 12.2 Å². The largest absolute Gasteiger partial charge is 0.468 e. The van der Waals surface area contributed by atoms with Gasteiger partial charge in [0.15, 0.2) is 18.7 Å². The molecular formula is C17H15ClO4. The number of ketones is 1. The Hall–Kier alpha value is -1.88. The lowest BCUT2D eigenvalue weighted by molar-refractivity contribution is 0.0511. The molecule has 1 saturated heterocycles. The molecule has 1 fully saturated rings. The molecule has 5 heteroatoms. The van der Waals surface area contributed by atoms with Crippen LogP contribution in [0.15, 0.2) is 48.5 Å². The minimum absolute atomic E-state index is 0.0294. The van der Waals surface area contributed by atoms with Crippen LogP contribution in [0.3, 0.4) is 0 Å². The van der Waals surface area contributed by atoms with Gasteiger partial charge in [-0.2, -0.15) is 0 Å². The quantitative estimate of drug-likeness (QED) is 0.463. The van der Waals surface area contributed by atoms with Gasteiger partial charge in [0.2, 0.25) is 0 Å². The van der Waals surface area contributed by atoms with Crippen molar-refractivity contribution < 1.29 is 19.0 Å². The Morgan fingerprint density at radius 2 is 1.82 bits per heavy atom. The van der Waals surface area contributed by atoms with Gasteiger partial charge in [-0.25, -0.2) is 0 Å². The van der Waals surface area contributed by atoms with Crippen LogP contribution in [0.25, 0.3) is 0 Å². The molecule has 2 aromatic carbocycles. The average Bonchev–Trinajstić information content (AvgIpc) is 3.34. The molecule has 0 aromatic heterocycles. The summed E-state index contributed by atoms with van der Waals surface area (Å²) in [6.45, 7) is 0.178. The van der Waals surface area contributed by atoms with E-state index in [4.69, 9.17) is 25.8 Å². The fraction of sp³-hybridized carbons (Fsp3) is 0.235. The zero-order valence-electron chi connectivity index (χ0n) is 12.0. The molecule has 3 rings (SSSR count). The number of methoxy groups -OCH3 is 1. The summed E-state index contributed by atoms with van der Waals surface area (Å²) in [7, 11) is 1.55. The third-order valence-electron chi connectivity index (χ3n) is 3.43. The van der Waals surface area contributed by atoms with Gasteiger partial charge in [0.25, 0.3) is 0 Å². The zero-order chi connectivity index (χ0) is 15.5. The number of carbonyl (C=O) groups excluding carboxylic acids is 1. The highest BCUT2D eigenvalue weighted by molar-refractivity contribution is 6.30. The Morgan fingerprint density at radius 1 is 1.14 bits per heavy atom. The molecule has 1 heterocycles. The summed E-state index contributed by atoms with van der Waals surface area (Å²) >= 11 is 5.85. The zero-order valence-corrected chi connectivity index (χ0v) is 12.7. The summed E-state index contributed by atoms with van der Waals surface area (Å²) in [6.07, 6.45) is -0.610. The second-order valence-corrected chi connectivity index (χ2v) is 5.40. The molecule has 2 aromatic rings. The van der Waals surface area contributed by atoms with Crippen molar-refractivity contribution in [1.82, 2.24) is 0 Å². The number of Topliss-reactive ketones (excluding diaryl/α,β-unsaturated/α-hetero) is 1. The van der Waals surface area contributed by atoms with Crippen LogP contribution in [0.4, 0.5) is 0 Å². The summed E-state index contributed by atoms with van der Waals surface area (Å²) in [4.78, 5) is 12.4. The normalized spacial score (nSPS) is 19.7. The number of rotatable bonds is 6. The van der Waals surface area contributed by atoms with Crippen LogP contribution in [0.1, 0.15) is 22.0 Å². The van der Waals surface area contributed by atoms with E-state index < -0.39 is 6.10 Å². The second-order valence-electron chi connectivity index (χ2n) is 4.97. The highest BCUT2D eigenvalue weighted by Gasteiger charge is 2.46. The van der Waals surface area contributed by atoms with Crippen LogP contribution < -0.4 is 4.74 Å². The maximum Gasteiger partial charge on any atom is 0.194 e. The summed E-state index contributed by atoms with van der Waals surface area (Å²) in [6, 6.07) is 14.3. The fourth-order valence-electron chi connectivity index (χ4n) is 2.22. The molecule has 0 spiro atoms. The molecule has 1 aliphatic rings. The van der Waals surface area contributed by atoms with Gasteiger partial charge < -0.3 is 14.2 Å². The Bertz CT molecular complexity index is 651. The van der Waals surface area contributed by atoms with Crippen molar-refractivity contribution in [3.8, 4) is 5.75 Å². The third kappa shape index (κ3) is 3.30. The molecule has 0 bridgehead atoms. The summed E-state index contributed by atoms with van der Waals surface area (Å²) in [5.74, 6) is 0.627. The predicted octanol–water partition coefficient (Wildman–Crippen LogP) is 3.65. The molecule has 4 nitrogen and oxygen atoms in total. The van der Waals surface area contributed by atoms with Gasteiger partial charge in [-0.1, -0.05) is 23.7 Å². The van der Waals surface area contributed by atoms with Gasteiger partial charge in [-0.3, -0.25) is 4.79 Å². The Labute approximate surface area is 133 Å². The van der Waals surface area contributed by atoms with Crippen molar-refractivity contribution in [1.29, 1.82) is 0 Å². The van der Waals surface area contributed by atoms with E-state index in [9.17, 15) is 4.79 Å². The monoisotopic (exact) mass is 318 g/mol. The minimum Gasteiger partial charge on any atom is -0.468 e. The van der Waals surface area contributed by atoms with Crippen molar-refractivity contribution in [2.24, 2.45) is 0 Å². The first kappa shape index (κ1) is 15.0. The fourth-order valence-corrected chi connectivity index (χ4v) is 2.35.